The molecule has 2 heterocycles. The fourth-order valence-corrected chi connectivity index (χ4v) is 4.69. The smallest absolute Gasteiger partial charge is 0.295 e. The van der Waals surface area contributed by atoms with E-state index in [1.807, 2.05) is 14.1 Å². The number of nitrogens with zero attached hydrogens (tertiary/aromatic N) is 2. The molecule has 2 aromatic rings. The van der Waals surface area contributed by atoms with E-state index in [4.69, 9.17) is 0 Å². The summed E-state index contributed by atoms with van der Waals surface area (Å²) < 4.78 is 25.8. The van der Waals surface area contributed by atoms with E-state index in [-0.39, 0.29) is 21.8 Å². The highest BCUT2D eigenvalue weighted by molar-refractivity contribution is 7.89. The van der Waals surface area contributed by atoms with Crippen molar-refractivity contribution in [3.8, 4) is 0 Å². The minimum absolute atomic E-state index is 0.0139. The van der Waals surface area contributed by atoms with Crippen molar-refractivity contribution in [3.63, 3.8) is 0 Å². The molecule has 176 valence electrons. The van der Waals surface area contributed by atoms with Crippen LogP contribution < -0.4 is 9.88 Å². The van der Waals surface area contributed by atoms with Gasteiger partial charge in [0.25, 0.3) is 11.7 Å². The molecule has 1 aromatic carbocycles. The number of nitrogens with one attached hydrogen (secondary N) is 2. The first-order valence-corrected chi connectivity index (χ1v) is 12.1. The number of rotatable bonds is 8. The SMILES string of the molecule is CN(C)S(=O)(=O)c1ccc(C(O)=C2C(=O)C(=O)N(CCC[NH+](C)C)C2c2ccc[nH+]c2)cc1. The van der Waals surface area contributed by atoms with Crippen LogP contribution in [0.5, 0.6) is 0 Å². The van der Waals surface area contributed by atoms with Gasteiger partial charge in [-0.25, -0.2) is 17.7 Å². The number of aliphatic hydroxyl groups excluding tert-OH is 1. The van der Waals surface area contributed by atoms with E-state index in [2.05, 4.69) is 4.98 Å². The van der Waals surface area contributed by atoms with Gasteiger partial charge in [-0.3, -0.25) is 9.59 Å². The third kappa shape index (κ3) is 4.97. The van der Waals surface area contributed by atoms with Gasteiger partial charge in [0.1, 0.15) is 5.76 Å². The van der Waals surface area contributed by atoms with Crippen molar-refractivity contribution < 1.29 is 33.0 Å². The zero-order valence-corrected chi connectivity index (χ0v) is 20.0. The highest BCUT2D eigenvalue weighted by atomic mass is 32.2. The van der Waals surface area contributed by atoms with Gasteiger partial charge in [0.05, 0.1) is 37.2 Å². The Morgan fingerprint density at radius 2 is 1.82 bits per heavy atom. The summed E-state index contributed by atoms with van der Waals surface area (Å²) in [4.78, 5) is 31.6. The van der Waals surface area contributed by atoms with Crippen molar-refractivity contribution in [2.45, 2.75) is 17.4 Å². The van der Waals surface area contributed by atoms with E-state index in [0.29, 0.717) is 18.5 Å². The molecule has 0 saturated carbocycles. The fraction of sp³-hybridized carbons (Fsp3) is 0.348. The molecule has 3 rings (SSSR count). The number of aromatic nitrogens is 1. The number of quaternary nitrogens is 1. The van der Waals surface area contributed by atoms with Crippen molar-refractivity contribution in [3.05, 3.63) is 65.5 Å². The predicted molar refractivity (Wildman–Crippen MR) is 122 cm³/mol. The number of Topliss-reactive ketones (excluding diaryl/α,β-unsaturated/α-hetero) is 1. The predicted octanol–water partition coefficient (Wildman–Crippen LogP) is -0.293. The lowest BCUT2D eigenvalue weighted by atomic mass is 9.96. The average Bonchev–Trinajstić information content (AvgIpc) is 3.04. The number of aromatic amines is 1. The minimum Gasteiger partial charge on any atom is -0.507 e. The Hall–Kier alpha value is -3.08. The first-order valence-electron chi connectivity index (χ1n) is 10.6. The molecule has 9 nitrogen and oxygen atoms in total. The Kier molecular flexibility index (Phi) is 7.31. The van der Waals surface area contributed by atoms with Crippen LogP contribution in [0.2, 0.25) is 0 Å². The normalized spacial score (nSPS) is 18.5. The topological polar surface area (TPSA) is 114 Å². The van der Waals surface area contributed by atoms with Gasteiger partial charge in [-0.1, -0.05) is 0 Å². The zero-order valence-electron chi connectivity index (χ0n) is 19.2. The zero-order chi connectivity index (χ0) is 24.3. The number of likely N-dealkylation sites (tertiary alicyclic amines) is 1. The largest absolute Gasteiger partial charge is 0.507 e. The summed E-state index contributed by atoms with van der Waals surface area (Å²) >= 11 is 0. The maximum Gasteiger partial charge on any atom is 0.295 e. The first-order chi connectivity index (χ1) is 15.6. The number of amides is 1. The van der Waals surface area contributed by atoms with Crippen LogP contribution in [-0.2, 0) is 19.6 Å². The first kappa shape index (κ1) is 24.6. The van der Waals surface area contributed by atoms with Gasteiger partial charge in [-0.2, -0.15) is 0 Å². The highest BCUT2D eigenvalue weighted by Crippen LogP contribution is 2.39. The van der Waals surface area contributed by atoms with Crippen LogP contribution in [0, 0.1) is 0 Å². The number of aliphatic hydroxyl groups is 1. The lowest BCUT2D eigenvalue weighted by Crippen LogP contribution is -3.05. The third-order valence-corrected chi connectivity index (χ3v) is 7.40. The van der Waals surface area contributed by atoms with E-state index in [1.54, 1.807) is 24.5 Å². The van der Waals surface area contributed by atoms with Crippen molar-refractivity contribution >= 4 is 27.5 Å². The van der Waals surface area contributed by atoms with Crippen LogP contribution in [0.1, 0.15) is 23.6 Å². The molecule has 0 aliphatic carbocycles. The van der Waals surface area contributed by atoms with Crippen LogP contribution >= 0.6 is 0 Å². The van der Waals surface area contributed by atoms with Crippen LogP contribution in [0.3, 0.4) is 0 Å². The number of sulfonamides is 1. The summed E-state index contributed by atoms with van der Waals surface area (Å²) in [6.07, 6.45) is 4.11. The van der Waals surface area contributed by atoms with Crippen LogP contribution in [0.15, 0.2) is 59.3 Å². The van der Waals surface area contributed by atoms with Gasteiger partial charge in [-0.15, -0.1) is 0 Å². The Morgan fingerprint density at radius 1 is 1.15 bits per heavy atom. The average molecular weight is 475 g/mol. The number of carbonyl (C=O) groups is 2. The number of hydrogen-bond acceptors (Lipinski definition) is 5. The number of hydrogen-bond donors (Lipinski definition) is 2. The molecule has 1 saturated heterocycles. The molecule has 1 aliphatic rings. The Morgan fingerprint density at radius 3 is 2.36 bits per heavy atom. The molecule has 1 unspecified atom stereocenters. The van der Waals surface area contributed by atoms with Crippen LogP contribution in [-0.4, -0.2) is 75.7 Å². The summed E-state index contributed by atoms with van der Waals surface area (Å²) in [6, 6.07) is 8.41. The highest BCUT2D eigenvalue weighted by Gasteiger charge is 2.46. The molecule has 3 N–H and O–H groups in total. The second kappa shape index (κ2) is 9.82. The van der Waals surface area contributed by atoms with Gasteiger partial charge in [0, 0.05) is 44.3 Å². The quantitative estimate of drug-likeness (QED) is 0.310. The number of H-pyrrole nitrogens is 1. The van der Waals surface area contributed by atoms with Gasteiger partial charge in [-0.05, 0) is 30.3 Å². The minimum atomic E-state index is -3.64. The fourth-order valence-electron chi connectivity index (χ4n) is 3.79. The molecule has 1 aliphatic heterocycles. The molecular formula is C23H30N4O5S+2. The van der Waals surface area contributed by atoms with Gasteiger partial charge in [0.15, 0.2) is 12.4 Å². The Balaban J connectivity index is 2.06. The molecule has 0 radical (unpaired) electrons. The molecular weight excluding hydrogens is 444 g/mol. The van der Waals surface area contributed by atoms with Crippen molar-refractivity contribution in [1.29, 1.82) is 0 Å². The molecule has 0 bridgehead atoms. The number of ketones is 1. The summed E-state index contributed by atoms with van der Waals surface area (Å²) in [5.74, 6) is -1.76. The molecule has 1 atom stereocenters. The lowest BCUT2D eigenvalue weighted by molar-refractivity contribution is -0.858. The van der Waals surface area contributed by atoms with Crippen molar-refractivity contribution in [2.24, 2.45) is 0 Å². The van der Waals surface area contributed by atoms with Gasteiger partial charge >= 0.3 is 0 Å². The van der Waals surface area contributed by atoms with Crippen molar-refractivity contribution in [1.82, 2.24) is 9.21 Å². The van der Waals surface area contributed by atoms with E-state index < -0.39 is 27.8 Å². The summed E-state index contributed by atoms with van der Waals surface area (Å²) in [7, 11) is 3.25. The second-order valence-corrected chi connectivity index (χ2v) is 10.6. The van der Waals surface area contributed by atoms with E-state index in [1.165, 1.54) is 48.2 Å². The number of pyridine rings is 1. The maximum absolute atomic E-state index is 13.0. The third-order valence-electron chi connectivity index (χ3n) is 5.57. The lowest BCUT2D eigenvalue weighted by Gasteiger charge is -2.24. The summed E-state index contributed by atoms with van der Waals surface area (Å²) in [5.41, 5.74) is 0.913. The molecule has 0 spiro atoms. The van der Waals surface area contributed by atoms with Crippen molar-refractivity contribution in [2.75, 3.05) is 41.3 Å². The molecule has 1 amide bonds. The molecule has 33 heavy (non-hydrogen) atoms. The Labute approximate surface area is 194 Å². The number of carbonyl (C=O) groups excluding carboxylic acids is 2. The van der Waals surface area contributed by atoms with Gasteiger partial charge in [0.2, 0.25) is 10.0 Å². The van der Waals surface area contributed by atoms with Crippen LogP contribution in [0.4, 0.5) is 0 Å². The van der Waals surface area contributed by atoms with E-state index >= 15 is 0 Å². The van der Waals surface area contributed by atoms with Crippen LogP contribution in [0.25, 0.3) is 5.76 Å². The van der Waals surface area contributed by atoms with Gasteiger partial charge < -0.3 is 14.9 Å². The van der Waals surface area contributed by atoms with E-state index in [0.717, 1.165) is 10.8 Å². The molecule has 1 aromatic heterocycles. The maximum atomic E-state index is 13.0. The second-order valence-electron chi connectivity index (χ2n) is 8.45. The monoisotopic (exact) mass is 474 g/mol. The molecule has 10 heteroatoms. The van der Waals surface area contributed by atoms with E-state index in [9.17, 15) is 23.1 Å². The summed E-state index contributed by atoms with van der Waals surface area (Å²) in [6.45, 7) is 1.19. The Bertz CT molecular complexity index is 1160. The standard InChI is InChI=1S/C23H28N4O5S/c1-25(2)13-6-14-27-20(17-7-5-12-24-15-17)19(22(29)23(27)30)21(28)16-8-10-18(11-9-16)33(31,32)26(3)4/h5,7-12,15,20,28H,6,13-14H2,1-4H3/p+2. The number of benzene rings is 1. The molecule has 1 fully saturated rings. The summed E-state index contributed by atoms with van der Waals surface area (Å²) in [5, 5.41) is 11.1.